The molecular formula is C18H21N3O4S. The highest BCUT2D eigenvalue weighted by atomic mass is 32.2. The number of benzene rings is 1. The number of ether oxygens (including phenoxy) is 1. The van der Waals surface area contributed by atoms with E-state index in [1.54, 1.807) is 6.08 Å². The van der Waals surface area contributed by atoms with Crippen LogP contribution in [0.1, 0.15) is 5.56 Å². The van der Waals surface area contributed by atoms with Crippen LogP contribution in [0.5, 0.6) is 0 Å². The Morgan fingerprint density at radius 1 is 1.19 bits per heavy atom. The minimum atomic E-state index is -0.424. The summed E-state index contributed by atoms with van der Waals surface area (Å²) in [5.74, 6) is -0.756. The third-order valence-electron chi connectivity index (χ3n) is 4.13. The van der Waals surface area contributed by atoms with Crippen molar-refractivity contribution in [2.75, 3.05) is 45.9 Å². The highest BCUT2D eigenvalue weighted by Gasteiger charge is 2.36. The molecule has 0 atom stereocenters. The molecule has 0 spiro atoms. The molecule has 2 heterocycles. The first kappa shape index (κ1) is 18.6. The number of imide groups is 1. The quantitative estimate of drug-likeness (QED) is 0.752. The first-order chi connectivity index (χ1) is 12.6. The second-order valence-corrected chi connectivity index (χ2v) is 6.98. The van der Waals surface area contributed by atoms with Crippen LogP contribution in [-0.2, 0) is 14.3 Å². The van der Waals surface area contributed by atoms with Gasteiger partial charge >= 0.3 is 0 Å². The number of amides is 3. The Hall–Kier alpha value is -2.16. The maximum atomic E-state index is 12.4. The normalized spacial score (nSPS) is 20.0. The molecule has 2 aliphatic heterocycles. The van der Waals surface area contributed by atoms with Crippen LogP contribution in [-0.4, -0.2) is 72.8 Å². The lowest BCUT2D eigenvalue weighted by Gasteiger charge is -2.26. The Morgan fingerprint density at radius 3 is 2.65 bits per heavy atom. The van der Waals surface area contributed by atoms with E-state index >= 15 is 0 Å². The van der Waals surface area contributed by atoms with Crippen LogP contribution in [0.3, 0.4) is 0 Å². The van der Waals surface area contributed by atoms with E-state index in [0.29, 0.717) is 24.7 Å². The van der Waals surface area contributed by atoms with E-state index in [1.807, 2.05) is 30.3 Å². The molecule has 0 aromatic heterocycles. The zero-order valence-electron chi connectivity index (χ0n) is 14.3. The number of carbonyl (C=O) groups excluding carboxylic acids is 3. The second-order valence-electron chi connectivity index (χ2n) is 5.98. The largest absolute Gasteiger partial charge is 0.379 e. The summed E-state index contributed by atoms with van der Waals surface area (Å²) >= 11 is 0.862. The van der Waals surface area contributed by atoms with Gasteiger partial charge in [-0.05, 0) is 23.4 Å². The fourth-order valence-electron chi connectivity index (χ4n) is 2.71. The van der Waals surface area contributed by atoms with Gasteiger partial charge < -0.3 is 10.1 Å². The predicted molar refractivity (Wildman–Crippen MR) is 99.4 cm³/mol. The number of hydrogen-bond acceptors (Lipinski definition) is 6. The number of rotatable bonds is 6. The van der Waals surface area contributed by atoms with Crippen LogP contribution < -0.4 is 5.32 Å². The smallest absolute Gasteiger partial charge is 0.294 e. The predicted octanol–water partition coefficient (Wildman–Crippen LogP) is 1.17. The monoisotopic (exact) mass is 375 g/mol. The maximum absolute atomic E-state index is 12.4. The topological polar surface area (TPSA) is 79.0 Å². The van der Waals surface area contributed by atoms with E-state index in [2.05, 4.69) is 10.2 Å². The molecule has 26 heavy (non-hydrogen) atoms. The van der Waals surface area contributed by atoms with E-state index in [4.69, 9.17) is 4.74 Å². The summed E-state index contributed by atoms with van der Waals surface area (Å²) in [5.41, 5.74) is 0.841. The van der Waals surface area contributed by atoms with E-state index in [9.17, 15) is 14.4 Å². The molecule has 0 radical (unpaired) electrons. The molecule has 2 aliphatic rings. The van der Waals surface area contributed by atoms with Gasteiger partial charge in [-0.3, -0.25) is 24.2 Å². The molecule has 0 unspecified atom stereocenters. The van der Waals surface area contributed by atoms with E-state index in [0.717, 1.165) is 41.9 Å². The molecule has 138 valence electrons. The van der Waals surface area contributed by atoms with Gasteiger partial charge in [-0.15, -0.1) is 0 Å². The van der Waals surface area contributed by atoms with E-state index in [-0.39, 0.29) is 12.5 Å². The van der Waals surface area contributed by atoms with Crippen molar-refractivity contribution in [2.24, 2.45) is 0 Å². The van der Waals surface area contributed by atoms with Gasteiger partial charge in [0.2, 0.25) is 5.91 Å². The summed E-state index contributed by atoms with van der Waals surface area (Å²) in [4.78, 5) is 40.1. The molecule has 8 heteroatoms. The Kier molecular flexibility index (Phi) is 6.43. The Labute approximate surface area is 156 Å². The number of carbonyl (C=O) groups is 3. The molecular weight excluding hydrogens is 354 g/mol. The highest BCUT2D eigenvalue weighted by molar-refractivity contribution is 8.18. The average Bonchev–Trinajstić information content (AvgIpc) is 2.91. The van der Waals surface area contributed by atoms with Crippen LogP contribution >= 0.6 is 11.8 Å². The second kappa shape index (κ2) is 8.98. The number of thioether (sulfide) groups is 1. The van der Waals surface area contributed by atoms with Crippen molar-refractivity contribution in [2.45, 2.75) is 0 Å². The maximum Gasteiger partial charge on any atom is 0.294 e. The minimum absolute atomic E-state index is 0.250. The number of nitrogens with zero attached hydrogens (tertiary/aromatic N) is 2. The number of hydrogen-bond donors (Lipinski definition) is 1. The third kappa shape index (κ3) is 4.94. The van der Waals surface area contributed by atoms with Crippen LogP contribution in [0.4, 0.5) is 4.79 Å². The Morgan fingerprint density at radius 2 is 1.92 bits per heavy atom. The molecule has 3 rings (SSSR count). The zero-order chi connectivity index (χ0) is 18.4. The van der Waals surface area contributed by atoms with Gasteiger partial charge in [-0.2, -0.15) is 0 Å². The third-order valence-corrected chi connectivity index (χ3v) is 5.03. The van der Waals surface area contributed by atoms with Crippen molar-refractivity contribution in [3.8, 4) is 0 Å². The van der Waals surface area contributed by atoms with Gasteiger partial charge in [0.15, 0.2) is 0 Å². The van der Waals surface area contributed by atoms with Gasteiger partial charge in [0.25, 0.3) is 11.1 Å². The minimum Gasteiger partial charge on any atom is -0.379 e. The molecule has 2 saturated heterocycles. The van der Waals surface area contributed by atoms with Gasteiger partial charge in [0.1, 0.15) is 6.54 Å². The standard InChI is InChI=1S/C18H21N3O4S/c22-16(19-6-7-20-8-10-25-11-9-20)13-21-17(23)15(26-18(21)24)12-14-4-2-1-3-5-14/h1-5,12H,6-11,13H2,(H,19,22)/b15-12+. The van der Waals surface area contributed by atoms with Crippen molar-refractivity contribution >= 4 is 34.9 Å². The van der Waals surface area contributed by atoms with Crippen molar-refractivity contribution < 1.29 is 19.1 Å². The van der Waals surface area contributed by atoms with Crippen LogP contribution in [0.25, 0.3) is 6.08 Å². The molecule has 2 fully saturated rings. The Bertz CT molecular complexity index is 702. The van der Waals surface area contributed by atoms with Gasteiger partial charge in [-0.25, -0.2) is 0 Å². The molecule has 1 N–H and O–H groups in total. The Balaban J connectivity index is 1.49. The van der Waals surface area contributed by atoms with E-state index in [1.165, 1.54) is 0 Å². The summed E-state index contributed by atoms with van der Waals surface area (Å²) in [6.45, 7) is 4.07. The molecule has 0 saturated carbocycles. The zero-order valence-corrected chi connectivity index (χ0v) is 15.2. The first-order valence-electron chi connectivity index (χ1n) is 8.51. The lowest BCUT2D eigenvalue weighted by atomic mass is 10.2. The van der Waals surface area contributed by atoms with Gasteiger partial charge in [-0.1, -0.05) is 30.3 Å². The summed E-state index contributed by atoms with van der Waals surface area (Å²) in [6.07, 6.45) is 1.67. The first-order valence-corrected chi connectivity index (χ1v) is 9.32. The number of morpholine rings is 1. The van der Waals surface area contributed by atoms with Gasteiger partial charge in [0, 0.05) is 26.2 Å². The lowest BCUT2D eigenvalue weighted by molar-refractivity contribution is -0.129. The molecule has 3 amide bonds. The van der Waals surface area contributed by atoms with Crippen molar-refractivity contribution in [3.05, 3.63) is 40.8 Å². The van der Waals surface area contributed by atoms with Crippen molar-refractivity contribution in [3.63, 3.8) is 0 Å². The fraction of sp³-hybridized carbons (Fsp3) is 0.389. The number of nitrogens with one attached hydrogen (secondary N) is 1. The molecule has 0 bridgehead atoms. The summed E-state index contributed by atoms with van der Waals surface area (Å²) in [6, 6.07) is 9.30. The van der Waals surface area contributed by atoms with E-state index < -0.39 is 11.1 Å². The van der Waals surface area contributed by atoms with Crippen molar-refractivity contribution in [1.29, 1.82) is 0 Å². The summed E-state index contributed by atoms with van der Waals surface area (Å²) in [7, 11) is 0. The molecule has 1 aromatic rings. The molecule has 0 aliphatic carbocycles. The summed E-state index contributed by atoms with van der Waals surface area (Å²) in [5, 5.41) is 2.35. The lowest BCUT2D eigenvalue weighted by Crippen LogP contribution is -2.44. The van der Waals surface area contributed by atoms with Gasteiger partial charge in [0.05, 0.1) is 18.1 Å². The van der Waals surface area contributed by atoms with Crippen molar-refractivity contribution in [1.82, 2.24) is 15.1 Å². The SMILES string of the molecule is O=C(CN1C(=O)S/C(=C/c2ccccc2)C1=O)NCCN1CCOCC1. The van der Waals surface area contributed by atoms with Crippen LogP contribution in [0.15, 0.2) is 35.2 Å². The molecule has 7 nitrogen and oxygen atoms in total. The highest BCUT2D eigenvalue weighted by Crippen LogP contribution is 2.31. The van der Waals surface area contributed by atoms with Crippen LogP contribution in [0.2, 0.25) is 0 Å². The fourth-order valence-corrected chi connectivity index (χ4v) is 3.55. The average molecular weight is 375 g/mol. The van der Waals surface area contributed by atoms with Crippen LogP contribution in [0, 0.1) is 0 Å². The summed E-state index contributed by atoms with van der Waals surface area (Å²) < 4.78 is 5.27. The molecule has 1 aromatic carbocycles.